The van der Waals surface area contributed by atoms with E-state index in [1.165, 1.54) is 24.0 Å². The summed E-state index contributed by atoms with van der Waals surface area (Å²) in [7, 11) is 1.71. The Morgan fingerprint density at radius 1 is 1.38 bits per heavy atom. The van der Waals surface area contributed by atoms with E-state index >= 15 is 0 Å². The van der Waals surface area contributed by atoms with Crippen LogP contribution in [-0.4, -0.2) is 49.3 Å². The average Bonchev–Trinajstić information content (AvgIpc) is 3.05. The van der Waals surface area contributed by atoms with Gasteiger partial charge in [0.2, 0.25) is 0 Å². The molecule has 2 heterocycles. The molecule has 0 aromatic carbocycles. The highest BCUT2D eigenvalue weighted by Crippen LogP contribution is 2.37. The number of aryl methyl sites for hydroxylation is 1. The molecule has 134 valence electrons. The predicted octanol–water partition coefficient (Wildman–Crippen LogP) is 3.27. The van der Waals surface area contributed by atoms with E-state index in [-0.39, 0.29) is 17.9 Å². The monoisotopic (exact) mass is 351 g/mol. The van der Waals surface area contributed by atoms with E-state index in [9.17, 15) is 9.90 Å². The van der Waals surface area contributed by atoms with E-state index in [0.717, 1.165) is 49.9 Å². The number of likely N-dealkylation sites (tertiary alicyclic amines) is 1. The maximum Gasteiger partial charge on any atom is 0.264 e. The number of aliphatic hydroxyl groups is 1. The van der Waals surface area contributed by atoms with Crippen LogP contribution < -0.4 is 0 Å². The number of carbonyl (C=O) groups is 1. The van der Waals surface area contributed by atoms with Gasteiger partial charge in [-0.3, -0.25) is 4.79 Å². The first kappa shape index (κ1) is 17.9. The van der Waals surface area contributed by atoms with E-state index < -0.39 is 0 Å². The summed E-state index contributed by atoms with van der Waals surface area (Å²) >= 11 is 1.62. The van der Waals surface area contributed by atoms with Gasteiger partial charge < -0.3 is 14.7 Å². The lowest BCUT2D eigenvalue weighted by atomic mass is 9.77. The standard InChI is InChI=1S/C19H29NO3S/c1-23-11-5-9-19(14-21)8-4-10-20(13-19)18(22)17-16-7-3-2-6-15(16)12-24-17/h12,21H,2-11,13-14H2,1H3/t19-/m1/s1. The Balaban J connectivity index is 1.71. The summed E-state index contributed by atoms with van der Waals surface area (Å²) in [6.45, 7) is 2.37. The highest BCUT2D eigenvalue weighted by Gasteiger charge is 2.37. The zero-order chi connectivity index (χ0) is 17.0. The largest absolute Gasteiger partial charge is 0.396 e. The van der Waals surface area contributed by atoms with Crippen LogP contribution in [0.4, 0.5) is 0 Å². The van der Waals surface area contributed by atoms with Gasteiger partial charge in [0, 0.05) is 32.2 Å². The van der Waals surface area contributed by atoms with E-state index in [2.05, 4.69) is 5.38 Å². The lowest BCUT2D eigenvalue weighted by Gasteiger charge is -2.42. The molecule has 5 heteroatoms. The quantitative estimate of drug-likeness (QED) is 0.800. The molecule has 1 atom stereocenters. The van der Waals surface area contributed by atoms with Crippen molar-refractivity contribution in [2.24, 2.45) is 5.41 Å². The van der Waals surface area contributed by atoms with Crippen molar-refractivity contribution in [3.63, 3.8) is 0 Å². The molecule has 24 heavy (non-hydrogen) atoms. The van der Waals surface area contributed by atoms with Crippen LogP contribution in [-0.2, 0) is 17.6 Å². The van der Waals surface area contributed by atoms with E-state index in [4.69, 9.17) is 4.74 Å². The van der Waals surface area contributed by atoms with Gasteiger partial charge in [-0.25, -0.2) is 0 Å². The molecule has 1 aliphatic heterocycles. The number of fused-ring (bicyclic) bond motifs is 1. The molecule has 0 unspecified atom stereocenters. The first-order valence-electron chi connectivity index (χ1n) is 9.17. The fourth-order valence-corrected chi connectivity index (χ4v) is 5.35. The first-order valence-corrected chi connectivity index (χ1v) is 10.1. The lowest BCUT2D eigenvalue weighted by molar-refractivity contribution is 0.0182. The minimum Gasteiger partial charge on any atom is -0.396 e. The minimum atomic E-state index is -0.149. The highest BCUT2D eigenvalue weighted by atomic mass is 32.1. The van der Waals surface area contributed by atoms with Crippen LogP contribution in [0.2, 0.25) is 0 Å². The molecule has 1 fully saturated rings. The molecule has 0 bridgehead atoms. The second-order valence-corrected chi connectivity index (χ2v) is 8.24. The summed E-state index contributed by atoms with van der Waals surface area (Å²) in [6.07, 6.45) is 8.45. The molecule has 0 saturated carbocycles. The van der Waals surface area contributed by atoms with Gasteiger partial charge >= 0.3 is 0 Å². The smallest absolute Gasteiger partial charge is 0.264 e. The van der Waals surface area contributed by atoms with Gasteiger partial charge in [-0.05, 0) is 67.9 Å². The topological polar surface area (TPSA) is 49.8 Å². The summed E-state index contributed by atoms with van der Waals surface area (Å²) in [5.74, 6) is 0.187. The van der Waals surface area contributed by atoms with Crippen molar-refractivity contribution < 1.29 is 14.6 Å². The molecule has 1 aromatic rings. The zero-order valence-electron chi connectivity index (χ0n) is 14.7. The van der Waals surface area contributed by atoms with E-state index in [1.807, 2.05) is 4.90 Å². The SMILES string of the molecule is COCCC[C@]1(CO)CCCN(C(=O)c2scc3c2CCCC3)C1. The molecule has 0 spiro atoms. The zero-order valence-corrected chi connectivity index (χ0v) is 15.5. The predicted molar refractivity (Wildman–Crippen MR) is 96.7 cm³/mol. The molecular weight excluding hydrogens is 322 g/mol. The second kappa shape index (κ2) is 7.98. The normalized spacial score (nSPS) is 24.0. The lowest BCUT2D eigenvalue weighted by Crippen LogP contribution is -2.48. The Labute approximate surface area is 148 Å². The third kappa shape index (κ3) is 3.68. The molecule has 1 aliphatic carbocycles. The number of ether oxygens (including phenoxy) is 1. The van der Waals surface area contributed by atoms with Crippen LogP contribution in [0.3, 0.4) is 0 Å². The second-order valence-electron chi connectivity index (χ2n) is 7.36. The minimum absolute atomic E-state index is 0.149. The maximum atomic E-state index is 13.1. The number of methoxy groups -OCH3 is 1. The summed E-state index contributed by atoms with van der Waals surface area (Å²) in [5, 5.41) is 12.2. The molecule has 1 amide bonds. The number of thiophene rings is 1. The van der Waals surface area contributed by atoms with Gasteiger partial charge in [-0.2, -0.15) is 0 Å². The summed E-state index contributed by atoms with van der Waals surface area (Å²) in [6, 6.07) is 0. The van der Waals surface area contributed by atoms with Gasteiger partial charge in [-0.1, -0.05) is 0 Å². The van der Waals surface area contributed by atoms with Gasteiger partial charge in [-0.15, -0.1) is 11.3 Å². The van der Waals surface area contributed by atoms with Crippen LogP contribution in [0.25, 0.3) is 0 Å². The Hall–Kier alpha value is -0.910. The van der Waals surface area contributed by atoms with Crippen molar-refractivity contribution >= 4 is 17.2 Å². The van der Waals surface area contributed by atoms with Crippen molar-refractivity contribution in [1.29, 1.82) is 0 Å². The number of carbonyl (C=O) groups excluding carboxylic acids is 1. The Kier molecular flexibility index (Phi) is 5.95. The first-order chi connectivity index (χ1) is 11.7. The Morgan fingerprint density at radius 3 is 3.00 bits per heavy atom. The summed E-state index contributed by atoms with van der Waals surface area (Å²) in [5.41, 5.74) is 2.54. The maximum absolute atomic E-state index is 13.1. The Bertz CT molecular complexity index is 571. The number of piperidine rings is 1. The summed E-state index contributed by atoms with van der Waals surface area (Å²) in [4.78, 5) is 16.0. The molecule has 1 saturated heterocycles. The highest BCUT2D eigenvalue weighted by molar-refractivity contribution is 7.12. The number of nitrogens with zero attached hydrogens (tertiary/aromatic N) is 1. The molecular formula is C19H29NO3S. The van der Waals surface area contributed by atoms with Crippen LogP contribution in [0.5, 0.6) is 0 Å². The van der Waals surface area contributed by atoms with Gasteiger partial charge in [0.05, 0.1) is 11.5 Å². The third-order valence-electron chi connectivity index (χ3n) is 5.64. The van der Waals surface area contributed by atoms with Crippen molar-refractivity contribution in [2.45, 2.75) is 51.4 Å². The Morgan fingerprint density at radius 2 is 2.21 bits per heavy atom. The number of amides is 1. The molecule has 1 N–H and O–H groups in total. The number of rotatable bonds is 6. The molecule has 3 rings (SSSR count). The van der Waals surface area contributed by atoms with Crippen LogP contribution in [0.1, 0.15) is 59.3 Å². The van der Waals surface area contributed by atoms with Crippen LogP contribution in [0, 0.1) is 5.41 Å². The molecule has 1 aromatic heterocycles. The number of hydrogen-bond acceptors (Lipinski definition) is 4. The van der Waals surface area contributed by atoms with E-state index in [1.54, 1.807) is 18.4 Å². The van der Waals surface area contributed by atoms with Crippen molar-refractivity contribution in [3.05, 3.63) is 21.4 Å². The van der Waals surface area contributed by atoms with Crippen LogP contribution in [0.15, 0.2) is 5.38 Å². The fraction of sp³-hybridized carbons (Fsp3) is 0.737. The van der Waals surface area contributed by atoms with Gasteiger partial charge in [0.25, 0.3) is 5.91 Å². The van der Waals surface area contributed by atoms with Gasteiger partial charge in [0.1, 0.15) is 0 Å². The average molecular weight is 352 g/mol. The molecule has 4 nitrogen and oxygen atoms in total. The third-order valence-corrected chi connectivity index (χ3v) is 6.70. The number of aliphatic hydroxyl groups excluding tert-OH is 1. The van der Waals surface area contributed by atoms with Gasteiger partial charge in [0.15, 0.2) is 0 Å². The van der Waals surface area contributed by atoms with Crippen molar-refractivity contribution in [3.8, 4) is 0 Å². The van der Waals surface area contributed by atoms with Crippen molar-refractivity contribution in [1.82, 2.24) is 4.90 Å². The van der Waals surface area contributed by atoms with Crippen LogP contribution >= 0.6 is 11.3 Å². The number of hydrogen-bond donors (Lipinski definition) is 1. The molecule has 2 aliphatic rings. The molecule has 0 radical (unpaired) electrons. The van der Waals surface area contributed by atoms with Crippen molar-refractivity contribution in [2.75, 3.05) is 33.4 Å². The fourth-order valence-electron chi connectivity index (χ4n) is 4.23. The summed E-state index contributed by atoms with van der Waals surface area (Å²) < 4.78 is 5.16. The van der Waals surface area contributed by atoms with E-state index in [0.29, 0.717) is 13.2 Å².